The van der Waals surface area contributed by atoms with Crippen LogP contribution < -0.4 is 10.2 Å². The Bertz CT molecular complexity index is 601. The molecule has 126 valence electrons. The number of carbonyl (C=O) groups excluding carboxylic acids is 2. The first-order valence-corrected chi connectivity index (χ1v) is 7.18. The molecule has 1 aromatic carbocycles. The number of esters is 1. The van der Waals surface area contributed by atoms with Gasteiger partial charge in [0, 0.05) is 32.3 Å². The Kier molecular flexibility index (Phi) is 6.49. The molecule has 1 rings (SSSR count). The molecule has 0 saturated carbocycles. The zero-order valence-electron chi connectivity index (χ0n) is 13.7. The Morgan fingerprint density at radius 1 is 1.39 bits per heavy atom. The standard InChI is InChI=1S/C15H21N3O5/c1-5-10(2)16-14(19)9-23-15(20)12-8-11(18(21)22)6-7-13(12)17(3)4/h6-8,10H,5,9H2,1-4H3,(H,16,19)/t10-/m0/s1. The summed E-state index contributed by atoms with van der Waals surface area (Å²) in [7, 11) is 3.40. The van der Waals surface area contributed by atoms with Gasteiger partial charge in [-0.1, -0.05) is 6.92 Å². The van der Waals surface area contributed by atoms with Crippen LogP contribution in [-0.2, 0) is 9.53 Å². The normalized spacial score (nSPS) is 11.5. The molecule has 0 bridgehead atoms. The van der Waals surface area contributed by atoms with E-state index in [1.807, 2.05) is 13.8 Å². The molecular weight excluding hydrogens is 302 g/mol. The molecule has 8 nitrogen and oxygen atoms in total. The zero-order chi connectivity index (χ0) is 17.6. The third kappa shape index (κ3) is 5.24. The third-order valence-electron chi connectivity index (χ3n) is 3.25. The number of hydrogen-bond donors (Lipinski definition) is 1. The van der Waals surface area contributed by atoms with Crippen LogP contribution in [0.5, 0.6) is 0 Å². The van der Waals surface area contributed by atoms with Gasteiger partial charge in [0.25, 0.3) is 11.6 Å². The fourth-order valence-electron chi connectivity index (χ4n) is 1.82. The number of nitrogens with one attached hydrogen (secondary N) is 1. The highest BCUT2D eigenvalue weighted by Crippen LogP contribution is 2.24. The number of nitro groups is 1. The van der Waals surface area contributed by atoms with Crippen molar-refractivity contribution < 1.29 is 19.2 Å². The molecular formula is C15H21N3O5. The maximum absolute atomic E-state index is 12.2. The Labute approximate surface area is 134 Å². The molecule has 0 aliphatic heterocycles. The minimum Gasteiger partial charge on any atom is -0.452 e. The SMILES string of the molecule is CC[C@H](C)NC(=O)COC(=O)c1cc([N+](=O)[O-])ccc1N(C)C. The number of amides is 1. The average molecular weight is 323 g/mol. The molecule has 1 amide bonds. The molecule has 0 fully saturated rings. The highest BCUT2D eigenvalue weighted by atomic mass is 16.6. The second-order valence-electron chi connectivity index (χ2n) is 5.31. The molecule has 0 radical (unpaired) electrons. The van der Waals surface area contributed by atoms with Gasteiger partial charge >= 0.3 is 5.97 Å². The lowest BCUT2D eigenvalue weighted by atomic mass is 10.1. The molecule has 0 heterocycles. The monoisotopic (exact) mass is 323 g/mol. The Morgan fingerprint density at radius 2 is 2.04 bits per heavy atom. The van der Waals surface area contributed by atoms with Crippen molar-refractivity contribution in [2.75, 3.05) is 25.6 Å². The number of benzene rings is 1. The topological polar surface area (TPSA) is 102 Å². The molecule has 0 spiro atoms. The fourth-order valence-corrected chi connectivity index (χ4v) is 1.82. The van der Waals surface area contributed by atoms with Gasteiger partial charge in [0.2, 0.25) is 0 Å². The highest BCUT2D eigenvalue weighted by Gasteiger charge is 2.20. The maximum Gasteiger partial charge on any atom is 0.341 e. The molecule has 0 saturated heterocycles. The number of non-ortho nitro benzene ring substituents is 1. The van der Waals surface area contributed by atoms with Crippen molar-refractivity contribution in [3.05, 3.63) is 33.9 Å². The summed E-state index contributed by atoms with van der Waals surface area (Å²) >= 11 is 0. The molecule has 8 heteroatoms. The van der Waals surface area contributed by atoms with Gasteiger partial charge in [-0.2, -0.15) is 0 Å². The molecule has 1 atom stereocenters. The van der Waals surface area contributed by atoms with Crippen LogP contribution in [0.15, 0.2) is 18.2 Å². The largest absolute Gasteiger partial charge is 0.452 e. The summed E-state index contributed by atoms with van der Waals surface area (Å²) in [5.74, 6) is -1.19. The van der Waals surface area contributed by atoms with Crippen molar-refractivity contribution in [3.8, 4) is 0 Å². The van der Waals surface area contributed by atoms with Crippen molar-refractivity contribution in [1.82, 2.24) is 5.32 Å². The molecule has 1 aromatic rings. The average Bonchev–Trinajstić information content (AvgIpc) is 2.51. The number of hydrogen-bond acceptors (Lipinski definition) is 6. The molecule has 23 heavy (non-hydrogen) atoms. The van der Waals surface area contributed by atoms with Gasteiger partial charge in [0.15, 0.2) is 6.61 Å². The second-order valence-corrected chi connectivity index (χ2v) is 5.31. The maximum atomic E-state index is 12.2. The summed E-state index contributed by atoms with van der Waals surface area (Å²) in [5, 5.41) is 13.5. The summed E-state index contributed by atoms with van der Waals surface area (Å²) in [6.45, 7) is 3.33. The van der Waals surface area contributed by atoms with E-state index in [0.29, 0.717) is 5.69 Å². The lowest BCUT2D eigenvalue weighted by Gasteiger charge is -2.16. The first-order valence-electron chi connectivity index (χ1n) is 7.18. The van der Waals surface area contributed by atoms with E-state index in [4.69, 9.17) is 4.74 Å². The van der Waals surface area contributed by atoms with E-state index >= 15 is 0 Å². The third-order valence-corrected chi connectivity index (χ3v) is 3.25. The Hall–Kier alpha value is -2.64. The summed E-state index contributed by atoms with van der Waals surface area (Å²) in [6.07, 6.45) is 0.759. The van der Waals surface area contributed by atoms with E-state index in [9.17, 15) is 19.7 Å². The minimum absolute atomic E-state index is 0.0173. The quantitative estimate of drug-likeness (QED) is 0.466. The summed E-state index contributed by atoms with van der Waals surface area (Å²) in [4.78, 5) is 35.7. The van der Waals surface area contributed by atoms with Crippen LogP contribution in [0.3, 0.4) is 0 Å². The number of carbonyl (C=O) groups is 2. The fraction of sp³-hybridized carbons (Fsp3) is 0.467. The predicted molar refractivity (Wildman–Crippen MR) is 85.6 cm³/mol. The van der Waals surface area contributed by atoms with Crippen LogP contribution in [0.1, 0.15) is 30.6 Å². The smallest absolute Gasteiger partial charge is 0.341 e. The van der Waals surface area contributed by atoms with Gasteiger partial charge < -0.3 is 15.0 Å². The number of ether oxygens (including phenoxy) is 1. The first kappa shape index (κ1) is 18.4. The van der Waals surface area contributed by atoms with Crippen molar-refractivity contribution in [2.45, 2.75) is 26.3 Å². The molecule has 0 unspecified atom stereocenters. The molecule has 0 aliphatic carbocycles. The van der Waals surface area contributed by atoms with Gasteiger partial charge in [-0.25, -0.2) is 4.79 Å². The predicted octanol–water partition coefficient (Wildman–Crippen LogP) is 1.73. The van der Waals surface area contributed by atoms with E-state index in [0.717, 1.165) is 12.5 Å². The van der Waals surface area contributed by atoms with Gasteiger partial charge in [0.05, 0.1) is 16.2 Å². The van der Waals surface area contributed by atoms with Crippen LogP contribution in [0.4, 0.5) is 11.4 Å². The lowest BCUT2D eigenvalue weighted by molar-refractivity contribution is -0.384. The van der Waals surface area contributed by atoms with Crippen LogP contribution in [0.25, 0.3) is 0 Å². The van der Waals surface area contributed by atoms with E-state index in [1.54, 1.807) is 19.0 Å². The highest BCUT2D eigenvalue weighted by molar-refractivity contribution is 5.97. The van der Waals surface area contributed by atoms with Gasteiger partial charge in [-0.3, -0.25) is 14.9 Å². The van der Waals surface area contributed by atoms with E-state index < -0.39 is 23.4 Å². The lowest BCUT2D eigenvalue weighted by Crippen LogP contribution is -2.35. The summed E-state index contributed by atoms with van der Waals surface area (Å²) in [5.41, 5.74) is 0.301. The van der Waals surface area contributed by atoms with Gasteiger partial charge in [0.1, 0.15) is 0 Å². The van der Waals surface area contributed by atoms with Crippen molar-refractivity contribution >= 4 is 23.3 Å². The van der Waals surface area contributed by atoms with Crippen molar-refractivity contribution in [2.24, 2.45) is 0 Å². The summed E-state index contributed by atoms with van der Waals surface area (Å²) in [6, 6.07) is 3.90. The first-order chi connectivity index (χ1) is 10.8. The van der Waals surface area contributed by atoms with Gasteiger partial charge in [-0.05, 0) is 19.4 Å². The van der Waals surface area contributed by atoms with Crippen LogP contribution in [-0.4, -0.2) is 43.5 Å². The molecule has 1 N–H and O–H groups in total. The Balaban J connectivity index is 2.87. The van der Waals surface area contributed by atoms with E-state index in [2.05, 4.69) is 5.32 Å². The van der Waals surface area contributed by atoms with Crippen LogP contribution in [0.2, 0.25) is 0 Å². The van der Waals surface area contributed by atoms with E-state index in [-0.39, 0.29) is 17.3 Å². The number of rotatable bonds is 7. The van der Waals surface area contributed by atoms with Crippen molar-refractivity contribution in [3.63, 3.8) is 0 Å². The minimum atomic E-state index is -0.781. The Morgan fingerprint density at radius 3 is 2.57 bits per heavy atom. The number of anilines is 1. The second kappa shape index (κ2) is 8.11. The van der Waals surface area contributed by atoms with Crippen LogP contribution in [0, 0.1) is 10.1 Å². The zero-order valence-corrected chi connectivity index (χ0v) is 13.7. The molecule has 0 aromatic heterocycles. The number of nitrogens with zero attached hydrogens (tertiary/aromatic N) is 2. The number of nitro benzene ring substituents is 1. The van der Waals surface area contributed by atoms with E-state index in [1.165, 1.54) is 12.1 Å². The summed E-state index contributed by atoms with van der Waals surface area (Å²) < 4.78 is 4.96. The van der Waals surface area contributed by atoms with Crippen molar-refractivity contribution in [1.29, 1.82) is 0 Å². The van der Waals surface area contributed by atoms with Crippen LogP contribution >= 0.6 is 0 Å². The molecule has 0 aliphatic rings. The van der Waals surface area contributed by atoms with Gasteiger partial charge in [-0.15, -0.1) is 0 Å².